The average Bonchev–Trinajstić information content (AvgIpc) is 2.50. The number of carbonyl (C=O) groups excluding carboxylic acids is 1. The van der Waals surface area contributed by atoms with E-state index in [0.717, 1.165) is 25.2 Å². The Hall–Kier alpha value is -1.90. The number of aromatic nitrogens is 1. The highest BCUT2D eigenvalue weighted by molar-refractivity contribution is 5.92. The first-order chi connectivity index (χ1) is 10.1. The second-order valence-corrected chi connectivity index (χ2v) is 5.29. The predicted molar refractivity (Wildman–Crippen MR) is 80.8 cm³/mol. The van der Waals surface area contributed by atoms with Gasteiger partial charge >= 0.3 is 0 Å². The zero-order valence-corrected chi connectivity index (χ0v) is 12.5. The minimum Gasteiger partial charge on any atom is -0.395 e. The summed E-state index contributed by atoms with van der Waals surface area (Å²) in [7, 11) is 2.07. The van der Waals surface area contributed by atoms with Crippen LogP contribution in [0.25, 0.3) is 0 Å². The summed E-state index contributed by atoms with van der Waals surface area (Å²) in [5.74, 6) is 5.71. The third-order valence-electron chi connectivity index (χ3n) is 3.70. The van der Waals surface area contributed by atoms with Gasteiger partial charge in [-0.15, -0.1) is 0 Å². The SMILES string of the molecule is CC1CN(C(=O)c2ccc(C#CCCO)cn2)CCN1C. The molecule has 2 rings (SSSR count). The third-order valence-corrected chi connectivity index (χ3v) is 3.70. The molecule has 1 aromatic heterocycles. The van der Waals surface area contributed by atoms with Crippen molar-refractivity contribution in [3.63, 3.8) is 0 Å². The summed E-state index contributed by atoms with van der Waals surface area (Å²) < 4.78 is 0. The van der Waals surface area contributed by atoms with E-state index in [0.29, 0.717) is 18.2 Å². The monoisotopic (exact) mass is 287 g/mol. The molecule has 112 valence electrons. The molecule has 5 nitrogen and oxygen atoms in total. The van der Waals surface area contributed by atoms with Gasteiger partial charge in [0.05, 0.1) is 6.61 Å². The van der Waals surface area contributed by atoms with Crippen LogP contribution in [0.15, 0.2) is 18.3 Å². The lowest BCUT2D eigenvalue weighted by atomic mass is 10.2. The highest BCUT2D eigenvalue weighted by atomic mass is 16.2. The van der Waals surface area contributed by atoms with Crippen LogP contribution in [-0.4, -0.2) is 65.1 Å². The van der Waals surface area contributed by atoms with Crippen LogP contribution in [0.5, 0.6) is 0 Å². The fourth-order valence-corrected chi connectivity index (χ4v) is 2.21. The highest BCUT2D eigenvalue weighted by Gasteiger charge is 2.25. The van der Waals surface area contributed by atoms with Crippen LogP contribution in [-0.2, 0) is 0 Å². The van der Waals surface area contributed by atoms with Crippen molar-refractivity contribution in [3.05, 3.63) is 29.6 Å². The van der Waals surface area contributed by atoms with Gasteiger partial charge in [-0.3, -0.25) is 4.79 Å². The molecule has 0 saturated carbocycles. The molecular weight excluding hydrogens is 266 g/mol. The number of aliphatic hydroxyl groups excluding tert-OH is 1. The zero-order valence-electron chi connectivity index (χ0n) is 12.5. The molecule has 0 bridgehead atoms. The van der Waals surface area contributed by atoms with E-state index in [1.54, 1.807) is 18.3 Å². The van der Waals surface area contributed by atoms with Gasteiger partial charge in [0.2, 0.25) is 0 Å². The van der Waals surface area contributed by atoms with Crippen molar-refractivity contribution >= 4 is 5.91 Å². The molecule has 1 aromatic rings. The summed E-state index contributed by atoms with van der Waals surface area (Å²) in [4.78, 5) is 20.7. The van der Waals surface area contributed by atoms with E-state index in [1.165, 1.54) is 0 Å². The minimum atomic E-state index is -0.0233. The van der Waals surface area contributed by atoms with Crippen molar-refractivity contribution in [1.29, 1.82) is 0 Å². The van der Waals surface area contributed by atoms with E-state index in [9.17, 15) is 4.79 Å². The Morgan fingerprint density at radius 1 is 1.48 bits per heavy atom. The van der Waals surface area contributed by atoms with E-state index in [1.807, 2.05) is 4.90 Å². The Labute approximate surface area is 125 Å². The lowest BCUT2D eigenvalue weighted by Gasteiger charge is -2.37. The summed E-state index contributed by atoms with van der Waals surface area (Å²) in [5.41, 5.74) is 1.21. The summed E-state index contributed by atoms with van der Waals surface area (Å²) in [6, 6.07) is 3.88. The van der Waals surface area contributed by atoms with Gasteiger partial charge in [0, 0.05) is 43.9 Å². The van der Waals surface area contributed by atoms with Crippen LogP contribution < -0.4 is 0 Å². The number of rotatable bonds is 2. The number of nitrogens with zero attached hydrogens (tertiary/aromatic N) is 3. The molecule has 21 heavy (non-hydrogen) atoms. The Balaban J connectivity index is 2.02. The van der Waals surface area contributed by atoms with E-state index in [4.69, 9.17) is 5.11 Å². The van der Waals surface area contributed by atoms with Crippen molar-refractivity contribution in [2.75, 3.05) is 33.3 Å². The molecule has 5 heteroatoms. The Morgan fingerprint density at radius 3 is 2.90 bits per heavy atom. The predicted octanol–water partition coefficient (Wildman–Crippen LogP) is 0.592. The van der Waals surface area contributed by atoms with Crippen LogP contribution in [0.1, 0.15) is 29.4 Å². The van der Waals surface area contributed by atoms with Crippen molar-refractivity contribution in [2.24, 2.45) is 0 Å². The third kappa shape index (κ3) is 4.03. The van der Waals surface area contributed by atoms with Gasteiger partial charge in [0.1, 0.15) is 5.69 Å². The van der Waals surface area contributed by atoms with E-state index >= 15 is 0 Å². The van der Waals surface area contributed by atoms with Crippen molar-refractivity contribution in [1.82, 2.24) is 14.8 Å². The molecule has 1 unspecified atom stereocenters. The lowest BCUT2D eigenvalue weighted by molar-refractivity contribution is 0.0567. The summed E-state index contributed by atoms with van der Waals surface area (Å²) in [5, 5.41) is 8.67. The number of carbonyl (C=O) groups is 1. The summed E-state index contributed by atoms with van der Waals surface area (Å²) in [6.07, 6.45) is 2.05. The van der Waals surface area contributed by atoms with Crippen LogP contribution in [0.3, 0.4) is 0 Å². The molecule has 1 atom stereocenters. The maximum Gasteiger partial charge on any atom is 0.272 e. The Morgan fingerprint density at radius 2 is 2.29 bits per heavy atom. The smallest absolute Gasteiger partial charge is 0.272 e. The summed E-state index contributed by atoms with van der Waals surface area (Å²) in [6.45, 7) is 4.53. The van der Waals surface area contributed by atoms with Crippen molar-refractivity contribution < 1.29 is 9.90 Å². The first kappa shape index (κ1) is 15.5. The van der Waals surface area contributed by atoms with Gasteiger partial charge in [-0.1, -0.05) is 11.8 Å². The van der Waals surface area contributed by atoms with E-state index in [-0.39, 0.29) is 12.5 Å². The van der Waals surface area contributed by atoms with Crippen LogP contribution >= 0.6 is 0 Å². The van der Waals surface area contributed by atoms with Crippen molar-refractivity contribution in [3.8, 4) is 11.8 Å². The topological polar surface area (TPSA) is 56.7 Å². The van der Waals surface area contributed by atoms with Crippen molar-refractivity contribution in [2.45, 2.75) is 19.4 Å². The quantitative estimate of drug-likeness (QED) is 0.809. The lowest BCUT2D eigenvalue weighted by Crippen LogP contribution is -2.52. The number of aliphatic hydroxyl groups is 1. The average molecular weight is 287 g/mol. The fraction of sp³-hybridized carbons (Fsp3) is 0.500. The number of hydrogen-bond acceptors (Lipinski definition) is 4. The first-order valence-corrected chi connectivity index (χ1v) is 7.17. The maximum atomic E-state index is 12.4. The first-order valence-electron chi connectivity index (χ1n) is 7.17. The molecule has 1 N–H and O–H groups in total. The van der Waals surface area contributed by atoms with E-state index < -0.39 is 0 Å². The second kappa shape index (κ2) is 7.21. The number of likely N-dealkylation sites (N-methyl/N-ethyl adjacent to an activating group) is 1. The molecule has 2 heterocycles. The Kier molecular flexibility index (Phi) is 5.32. The standard InChI is InChI=1S/C16H21N3O2/c1-13-12-19(9-8-18(13)2)16(21)15-7-6-14(11-17-15)5-3-4-10-20/h6-7,11,13,20H,4,8-10,12H2,1-2H3. The second-order valence-electron chi connectivity index (χ2n) is 5.29. The largest absolute Gasteiger partial charge is 0.395 e. The van der Waals surface area contributed by atoms with Crippen LogP contribution in [0.2, 0.25) is 0 Å². The Bertz CT molecular complexity index is 545. The number of pyridine rings is 1. The molecular formula is C16H21N3O2. The van der Waals surface area contributed by atoms with Gasteiger partial charge < -0.3 is 14.9 Å². The minimum absolute atomic E-state index is 0.0233. The molecule has 1 fully saturated rings. The normalized spacial score (nSPS) is 19.0. The van der Waals surface area contributed by atoms with Crippen LogP contribution in [0, 0.1) is 11.8 Å². The number of amides is 1. The van der Waals surface area contributed by atoms with Gasteiger partial charge in [-0.05, 0) is 26.1 Å². The van der Waals surface area contributed by atoms with Gasteiger partial charge in [0.15, 0.2) is 0 Å². The zero-order chi connectivity index (χ0) is 15.2. The number of hydrogen-bond donors (Lipinski definition) is 1. The summed E-state index contributed by atoms with van der Waals surface area (Å²) >= 11 is 0. The van der Waals surface area contributed by atoms with Gasteiger partial charge in [0.25, 0.3) is 5.91 Å². The number of piperazine rings is 1. The molecule has 0 radical (unpaired) electrons. The molecule has 1 aliphatic heterocycles. The molecule has 0 spiro atoms. The molecule has 0 aromatic carbocycles. The van der Waals surface area contributed by atoms with Gasteiger partial charge in [-0.2, -0.15) is 0 Å². The maximum absolute atomic E-state index is 12.4. The fourth-order valence-electron chi connectivity index (χ4n) is 2.21. The van der Waals surface area contributed by atoms with Crippen LogP contribution in [0.4, 0.5) is 0 Å². The van der Waals surface area contributed by atoms with Gasteiger partial charge in [-0.25, -0.2) is 4.98 Å². The molecule has 1 saturated heterocycles. The highest BCUT2D eigenvalue weighted by Crippen LogP contribution is 2.11. The molecule has 1 amide bonds. The van der Waals surface area contributed by atoms with E-state index in [2.05, 4.69) is 35.7 Å². The molecule has 0 aliphatic carbocycles. The molecule has 1 aliphatic rings.